The van der Waals surface area contributed by atoms with Crippen LogP contribution in [0.25, 0.3) is 0 Å². The molecule has 0 aromatic carbocycles. The Morgan fingerprint density at radius 3 is 2.56 bits per heavy atom. The van der Waals surface area contributed by atoms with Gasteiger partial charge in [0.1, 0.15) is 30.3 Å². The molecule has 0 radical (unpaired) electrons. The average Bonchev–Trinajstić information content (AvgIpc) is 2.75. The first-order chi connectivity index (χ1) is 7.47. The average molecular weight is 253 g/mol. The van der Waals surface area contributed by atoms with E-state index >= 15 is 0 Å². The second-order valence-electron chi connectivity index (χ2n) is 3.65. The zero-order valence-electron chi connectivity index (χ0n) is 8.39. The van der Waals surface area contributed by atoms with Gasteiger partial charge in [0.05, 0.1) is 12.4 Å². The number of hydrogen-bond acceptors (Lipinski definition) is 7. The third-order valence-corrected chi connectivity index (χ3v) is 3.83. The summed E-state index contributed by atoms with van der Waals surface area (Å²) >= 11 is 1.16. The zero-order chi connectivity index (χ0) is 12.3. The lowest BCUT2D eigenvalue weighted by molar-refractivity contribution is -0.692. The fourth-order valence-corrected chi connectivity index (χ4v) is 2.78. The Labute approximate surface area is 96.1 Å². The van der Waals surface area contributed by atoms with Crippen LogP contribution in [0.4, 0.5) is 0 Å². The lowest BCUT2D eigenvalue weighted by Crippen LogP contribution is -2.96. The van der Waals surface area contributed by atoms with Gasteiger partial charge in [0, 0.05) is 0 Å². The summed E-state index contributed by atoms with van der Waals surface area (Å²) in [6.07, 6.45) is -4.25. The van der Waals surface area contributed by atoms with Crippen LogP contribution in [0.3, 0.4) is 0 Å². The predicted molar refractivity (Wildman–Crippen MR) is 52.1 cm³/mol. The number of carbonyl (C=O) groups is 1. The molecule has 0 saturated carbocycles. The molecular weight excluding hydrogens is 238 g/mol. The molecule has 5 atom stereocenters. The number of aliphatic carboxylic acids is 1. The highest BCUT2D eigenvalue weighted by Crippen LogP contribution is 2.18. The summed E-state index contributed by atoms with van der Waals surface area (Å²) in [5.41, 5.74) is 0. The summed E-state index contributed by atoms with van der Waals surface area (Å²) in [7, 11) is 0. The number of carbonyl (C=O) groups excluding carboxylic acids is 1. The molecule has 0 bridgehead atoms. The summed E-state index contributed by atoms with van der Waals surface area (Å²) < 4.78 is 0. The van der Waals surface area contributed by atoms with Gasteiger partial charge in [0.15, 0.2) is 5.37 Å². The first-order valence-electron chi connectivity index (χ1n) is 4.80. The van der Waals surface area contributed by atoms with Crippen LogP contribution in [0, 0.1) is 0 Å². The Kier molecular flexibility index (Phi) is 4.96. The third-order valence-electron chi connectivity index (χ3n) is 2.46. The second-order valence-corrected chi connectivity index (χ2v) is 4.86. The number of carboxylic acids is 1. The normalized spacial score (nSPS) is 31.0. The minimum atomic E-state index is -1.50. The second kappa shape index (κ2) is 5.80. The number of aliphatic hydroxyl groups excluding tert-OH is 4. The van der Waals surface area contributed by atoms with Crippen molar-refractivity contribution in [2.45, 2.75) is 29.7 Å². The van der Waals surface area contributed by atoms with Crippen molar-refractivity contribution >= 4 is 17.7 Å². The van der Waals surface area contributed by atoms with Crippen molar-refractivity contribution in [2.24, 2.45) is 0 Å². The van der Waals surface area contributed by atoms with Gasteiger partial charge < -0.3 is 35.6 Å². The van der Waals surface area contributed by atoms with Gasteiger partial charge in [-0.05, 0) is 0 Å². The number of quaternary nitrogens is 1. The van der Waals surface area contributed by atoms with Gasteiger partial charge in [0.2, 0.25) is 0 Å². The van der Waals surface area contributed by atoms with Crippen molar-refractivity contribution < 1.29 is 35.6 Å². The van der Waals surface area contributed by atoms with Crippen LogP contribution >= 0.6 is 11.8 Å². The Morgan fingerprint density at radius 1 is 1.50 bits per heavy atom. The number of aliphatic hydroxyl groups is 4. The van der Waals surface area contributed by atoms with E-state index in [2.05, 4.69) is 0 Å². The largest absolute Gasteiger partial charge is 0.544 e. The van der Waals surface area contributed by atoms with Crippen LogP contribution in [0.2, 0.25) is 0 Å². The van der Waals surface area contributed by atoms with Crippen LogP contribution in [-0.4, -0.2) is 68.5 Å². The minimum Gasteiger partial charge on any atom is -0.544 e. The van der Waals surface area contributed by atoms with Crippen molar-refractivity contribution in [3.05, 3.63) is 0 Å². The van der Waals surface area contributed by atoms with E-state index in [0.29, 0.717) is 0 Å². The molecule has 7 nitrogen and oxygen atoms in total. The zero-order valence-corrected chi connectivity index (χ0v) is 9.21. The summed E-state index contributed by atoms with van der Waals surface area (Å²) in [5.74, 6) is -0.953. The molecule has 6 N–H and O–H groups in total. The number of rotatable bonds is 5. The minimum absolute atomic E-state index is 0.270. The maximum Gasteiger partial charge on any atom is 0.162 e. The summed E-state index contributed by atoms with van der Waals surface area (Å²) in [6, 6.07) is -0.761. The molecule has 1 fully saturated rings. The molecule has 0 aromatic heterocycles. The molecule has 0 unspecified atom stereocenters. The molecule has 8 heteroatoms. The van der Waals surface area contributed by atoms with E-state index in [9.17, 15) is 20.1 Å². The van der Waals surface area contributed by atoms with E-state index in [-0.39, 0.29) is 5.75 Å². The highest BCUT2D eigenvalue weighted by atomic mass is 32.2. The lowest BCUT2D eigenvalue weighted by Gasteiger charge is -2.24. The number of nitrogens with two attached hydrogens (primary N) is 1. The van der Waals surface area contributed by atoms with Crippen LogP contribution in [0.5, 0.6) is 0 Å². The SMILES string of the molecule is O=C([O-])[C@@H]1CS[C@H]([C@@H](O)[C@H](O)[C@H](O)CO)[NH2+]1. The lowest BCUT2D eigenvalue weighted by atomic mass is 10.1. The Bertz CT molecular complexity index is 253. The van der Waals surface area contributed by atoms with Gasteiger partial charge in [-0.15, -0.1) is 0 Å². The first-order valence-corrected chi connectivity index (χ1v) is 5.84. The molecule has 0 aliphatic carbocycles. The molecular formula is C8H15NO6S. The topological polar surface area (TPSA) is 138 Å². The molecule has 0 spiro atoms. The van der Waals surface area contributed by atoms with Crippen molar-refractivity contribution in [1.82, 2.24) is 0 Å². The maximum atomic E-state index is 10.5. The van der Waals surface area contributed by atoms with E-state index in [0.717, 1.165) is 11.8 Å². The molecule has 1 aliphatic rings. The molecule has 1 saturated heterocycles. The quantitative estimate of drug-likeness (QED) is 0.330. The summed E-state index contributed by atoms with van der Waals surface area (Å²) in [6.45, 7) is -0.667. The Morgan fingerprint density at radius 2 is 2.12 bits per heavy atom. The van der Waals surface area contributed by atoms with E-state index in [1.165, 1.54) is 5.32 Å². The highest BCUT2D eigenvalue weighted by molar-refractivity contribution is 8.00. The van der Waals surface area contributed by atoms with Gasteiger partial charge in [0.25, 0.3) is 0 Å². The molecule has 0 amide bonds. The predicted octanol–water partition coefficient (Wildman–Crippen LogP) is -5.18. The van der Waals surface area contributed by atoms with E-state index in [4.69, 9.17) is 10.2 Å². The van der Waals surface area contributed by atoms with Crippen molar-refractivity contribution in [2.75, 3.05) is 12.4 Å². The molecule has 1 heterocycles. The van der Waals surface area contributed by atoms with Crippen molar-refractivity contribution in [3.8, 4) is 0 Å². The molecule has 0 aromatic rings. The van der Waals surface area contributed by atoms with Crippen LogP contribution in [0.1, 0.15) is 0 Å². The van der Waals surface area contributed by atoms with Gasteiger partial charge >= 0.3 is 0 Å². The van der Waals surface area contributed by atoms with Crippen molar-refractivity contribution in [3.63, 3.8) is 0 Å². The fraction of sp³-hybridized carbons (Fsp3) is 0.875. The molecule has 94 valence electrons. The number of carboxylic acid groups (broad SMARTS) is 1. The van der Waals surface area contributed by atoms with E-state index in [1.54, 1.807) is 0 Å². The van der Waals surface area contributed by atoms with Gasteiger partial charge in [-0.1, -0.05) is 11.8 Å². The van der Waals surface area contributed by atoms with E-state index < -0.39 is 42.3 Å². The van der Waals surface area contributed by atoms with Crippen LogP contribution in [0.15, 0.2) is 0 Å². The monoisotopic (exact) mass is 253 g/mol. The van der Waals surface area contributed by atoms with Crippen molar-refractivity contribution in [1.29, 1.82) is 0 Å². The smallest absolute Gasteiger partial charge is 0.162 e. The molecule has 1 rings (SSSR count). The van der Waals surface area contributed by atoms with Gasteiger partial charge in [-0.25, -0.2) is 0 Å². The van der Waals surface area contributed by atoms with Crippen LogP contribution < -0.4 is 10.4 Å². The molecule has 16 heavy (non-hydrogen) atoms. The number of hydrogen-bond donors (Lipinski definition) is 5. The molecule has 1 aliphatic heterocycles. The first kappa shape index (κ1) is 13.7. The Hall–Kier alpha value is -0.380. The number of thioether (sulfide) groups is 1. The van der Waals surface area contributed by atoms with Gasteiger partial charge in [-0.2, -0.15) is 0 Å². The highest BCUT2D eigenvalue weighted by Gasteiger charge is 2.40. The van der Waals surface area contributed by atoms with E-state index in [1.807, 2.05) is 0 Å². The van der Waals surface area contributed by atoms with Gasteiger partial charge in [-0.3, -0.25) is 0 Å². The maximum absolute atomic E-state index is 10.5. The summed E-state index contributed by atoms with van der Waals surface area (Å²) in [4.78, 5) is 10.5. The van der Waals surface area contributed by atoms with Crippen LogP contribution in [-0.2, 0) is 4.79 Å². The Balaban J connectivity index is 2.50. The standard InChI is InChI=1S/C8H15NO6S/c10-1-4(11)5(12)6(13)7-9-3(2-16-7)8(14)15/h3-7,9-13H,1-2H2,(H,14,15)/t3-,4+,5+,6-,7+/m0/s1. The third kappa shape index (κ3) is 3.06. The fourth-order valence-electron chi connectivity index (χ4n) is 1.44. The summed E-state index contributed by atoms with van der Waals surface area (Å²) in [5, 5.41) is 48.1.